The van der Waals surface area contributed by atoms with Crippen LogP contribution in [-0.4, -0.2) is 19.7 Å². The van der Waals surface area contributed by atoms with E-state index in [1.807, 2.05) is 12.3 Å². The van der Waals surface area contributed by atoms with Gasteiger partial charge in [-0.05, 0) is 24.6 Å². The molecule has 0 fully saturated rings. The van der Waals surface area contributed by atoms with Gasteiger partial charge in [0.2, 0.25) is 0 Å². The Hall–Kier alpha value is -1.40. The molecule has 0 saturated heterocycles. The summed E-state index contributed by atoms with van der Waals surface area (Å²) in [4.78, 5) is 5.76. The molecule has 0 saturated carbocycles. The Morgan fingerprint density at radius 3 is 2.79 bits per heavy atom. The molecule has 2 rings (SSSR count). The van der Waals surface area contributed by atoms with Gasteiger partial charge in [-0.1, -0.05) is 13.0 Å². The summed E-state index contributed by atoms with van der Waals surface area (Å²) in [5.74, 6) is 0. The third-order valence-corrected chi connectivity index (χ3v) is 4.88. The number of aromatic nitrogens is 1. The monoisotopic (exact) mass is 296 g/mol. The number of aryl methyl sites for hydroxylation is 1. The molecule has 19 heavy (non-hydrogen) atoms. The number of nitrogens with zero attached hydrogens (tertiary/aromatic N) is 1. The van der Waals surface area contributed by atoms with E-state index in [1.165, 1.54) is 6.26 Å². The van der Waals surface area contributed by atoms with Crippen molar-refractivity contribution in [3.63, 3.8) is 0 Å². The zero-order valence-electron chi connectivity index (χ0n) is 10.9. The molecule has 0 atom stereocenters. The molecule has 1 aromatic heterocycles. The third kappa shape index (κ3) is 3.78. The molecule has 4 nitrogen and oxygen atoms in total. The second-order valence-electron chi connectivity index (χ2n) is 4.23. The van der Waals surface area contributed by atoms with Gasteiger partial charge in [0.05, 0.1) is 16.4 Å². The number of rotatable bonds is 5. The Bertz CT molecular complexity index is 663. The topological polar surface area (TPSA) is 59.1 Å². The van der Waals surface area contributed by atoms with Gasteiger partial charge in [0, 0.05) is 23.0 Å². The summed E-state index contributed by atoms with van der Waals surface area (Å²) < 4.78 is 22.9. The van der Waals surface area contributed by atoms with E-state index >= 15 is 0 Å². The molecule has 0 radical (unpaired) electrons. The van der Waals surface area contributed by atoms with Crippen molar-refractivity contribution < 1.29 is 8.42 Å². The number of anilines is 1. The Balaban J connectivity index is 2.07. The van der Waals surface area contributed by atoms with Crippen molar-refractivity contribution in [2.45, 2.75) is 24.8 Å². The fourth-order valence-electron chi connectivity index (χ4n) is 1.62. The SMILES string of the molecule is CCc1ncc(CNc2cccc(S(C)(=O)=O)c2)s1. The second-order valence-corrected chi connectivity index (χ2v) is 7.44. The molecule has 0 bridgehead atoms. The summed E-state index contributed by atoms with van der Waals surface area (Å²) in [6.07, 6.45) is 4.01. The van der Waals surface area contributed by atoms with E-state index in [9.17, 15) is 8.42 Å². The number of thiazole rings is 1. The Labute approximate surface area is 117 Å². The lowest BCUT2D eigenvalue weighted by Crippen LogP contribution is -2.01. The number of sulfone groups is 1. The van der Waals surface area contributed by atoms with Gasteiger partial charge >= 0.3 is 0 Å². The highest BCUT2D eigenvalue weighted by atomic mass is 32.2. The predicted molar refractivity (Wildman–Crippen MR) is 78.4 cm³/mol. The molecule has 0 aliphatic heterocycles. The molecule has 1 N–H and O–H groups in total. The first-order chi connectivity index (χ1) is 8.99. The standard InChI is InChI=1S/C13H16N2O2S2/c1-3-13-15-9-11(18-13)8-14-10-5-4-6-12(7-10)19(2,16)17/h4-7,9,14H,3,8H2,1-2H3. The summed E-state index contributed by atoms with van der Waals surface area (Å²) in [6, 6.07) is 6.85. The molecule has 0 spiro atoms. The van der Waals surface area contributed by atoms with Crippen molar-refractivity contribution >= 4 is 26.9 Å². The molecular weight excluding hydrogens is 280 g/mol. The number of benzene rings is 1. The molecule has 6 heteroatoms. The highest BCUT2D eigenvalue weighted by molar-refractivity contribution is 7.90. The molecule has 1 aromatic carbocycles. The van der Waals surface area contributed by atoms with Crippen LogP contribution < -0.4 is 5.32 Å². The van der Waals surface area contributed by atoms with E-state index in [-0.39, 0.29) is 0 Å². The largest absolute Gasteiger partial charge is 0.380 e. The summed E-state index contributed by atoms with van der Waals surface area (Å²) in [5, 5.41) is 4.33. The maximum Gasteiger partial charge on any atom is 0.175 e. The second kappa shape index (κ2) is 5.71. The summed E-state index contributed by atoms with van der Waals surface area (Å²) in [6.45, 7) is 2.73. The minimum atomic E-state index is -3.16. The van der Waals surface area contributed by atoms with Crippen LogP contribution in [0.1, 0.15) is 16.8 Å². The van der Waals surface area contributed by atoms with Crippen LogP contribution >= 0.6 is 11.3 Å². The third-order valence-electron chi connectivity index (χ3n) is 2.63. The zero-order chi connectivity index (χ0) is 13.9. The van der Waals surface area contributed by atoms with E-state index in [2.05, 4.69) is 17.2 Å². The molecular formula is C13H16N2O2S2. The maximum absolute atomic E-state index is 11.5. The van der Waals surface area contributed by atoms with Gasteiger partial charge in [0.25, 0.3) is 0 Å². The predicted octanol–water partition coefficient (Wildman–Crippen LogP) is 2.72. The van der Waals surface area contributed by atoms with Gasteiger partial charge in [-0.25, -0.2) is 13.4 Å². The fourth-order valence-corrected chi connectivity index (χ4v) is 3.09. The molecule has 0 amide bonds. The molecule has 0 unspecified atom stereocenters. The lowest BCUT2D eigenvalue weighted by molar-refractivity contribution is 0.602. The van der Waals surface area contributed by atoms with Crippen LogP contribution in [0.15, 0.2) is 35.4 Å². The number of hydrogen-bond acceptors (Lipinski definition) is 5. The molecule has 2 aromatic rings. The lowest BCUT2D eigenvalue weighted by atomic mass is 10.3. The van der Waals surface area contributed by atoms with Gasteiger partial charge in [-0.15, -0.1) is 11.3 Å². The highest BCUT2D eigenvalue weighted by Gasteiger charge is 2.07. The van der Waals surface area contributed by atoms with E-state index in [0.717, 1.165) is 22.0 Å². The molecule has 1 heterocycles. The first-order valence-electron chi connectivity index (χ1n) is 5.96. The van der Waals surface area contributed by atoms with Crippen molar-refractivity contribution in [3.05, 3.63) is 40.3 Å². The Morgan fingerprint density at radius 2 is 2.16 bits per heavy atom. The molecule has 102 valence electrons. The Kier molecular flexibility index (Phi) is 4.21. The van der Waals surface area contributed by atoms with Crippen LogP contribution in [0.3, 0.4) is 0 Å². The average molecular weight is 296 g/mol. The Morgan fingerprint density at radius 1 is 1.37 bits per heavy atom. The number of hydrogen-bond donors (Lipinski definition) is 1. The lowest BCUT2D eigenvalue weighted by Gasteiger charge is -2.06. The minimum Gasteiger partial charge on any atom is -0.380 e. The van der Waals surface area contributed by atoms with E-state index < -0.39 is 9.84 Å². The average Bonchev–Trinajstić information content (AvgIpc) is 2.84. The summed E-state index contributed by atoms with van der Waals surface area (Å²) in [7, 11) is -3.16. The van der Waals surface area contributed by atoms with Crippen LogP contribution in [0.2, 0.25) is 0 Å². The van der Waals surface area contributed by atoms with Gasteiger partial charge in [-0.3, -0.25) is 0 Å². The van der Waals surface area contributed by atoms with Crippen LogP contribution in [0.5, 0.6) is 0 Å². The quantitative estimate of drug-likeness (QED) is 0.921. The van der Waals surface area contributed by atoms with Crippen molar-refractivity contribution in [1.82, 2.24) is 4.98 Å². The zero-order valence-corrected chi connectivity index (χ0v) is 12.5. The van der Waals surface area contributed by atoms with Crippen molar-refractivity contribution in [3.8, 4) is 0 Å². The van der Waals surface area contributed by atoms with Crippen LogP contribution in [0, 0.1) is 0 Å². The van der Waals surface area contributed by atoms with Crippen molar-refractivity contribution in [2.75, 3.05) is 11.6 Å². The maximum atomic E-state index is 11.5. The molecule has 0 aliphatic rings. The highest BCUT2D eigenvalue weighted by Crippen LogP contribution is 2.18. The van der Waals surface area contributed by atoms with Crippen molar-refractivity contribution in [2.24, 2.45) is 0 Å². The van der Waals surface area contributed by atoms with E-state index in [4.69, 9.17) is 0 Å². The van der Waals surface area contributed by atoms with Crippen LogP contribution in [0.25, 0.3) is 0 Å². The van der Waals surface area contributed by atoms with E-state index in [0.29, 0.717) is 11.4 Å². The number of nitrogens with one attached hydrogen (secondary N) is 1. The first-order valence-corrected chi connectivity index (χ1v) is 8.67. The normalized spacial score (nSPS) is 11.5. The first kappa shape index (κ1) is 14.0. The van der Waals surface area contributed by atoms with Crippen LogP contribution in [-0.2, 0) is 22.8 Å². The van der Waals surface area contributed by atoms with Gasteiger partial charge in [-0.2, -0.15) is 0 Å². The van der Waals surface area contributed by atoms with Gasteiger partial charge < -0.3 is 5.32 Å². The summed E-state index contributed by atoms with van der Waals surface area (Å²) in [5.41, 5.74) is 0.800. The van der Waals surface area contributed by atoms with Crippen LogP contribution in [0.4, 0.5) is 5.69 Å². The van der Waals surface area contributed by atoms with Crippen molar-refractivity contribution in [1.29, 1.82) is 0 Å². The summed E-state index contributed by atoms with van der Waals surface area (Å²) >= 11 is 1.67. The van der Waals surface area contributed by atoms with Gasteiger partial charge in [0.15, 0.2) is 9.84 Å². The van der Waals surface area contributed by atoms with E-state index in [1.54, 1.807) is 29.5 Å². The minimum absolute atomic E-state index is 0.330. The molecule has 0 aliphatic carbocycles. The fraction of sp³-hybridized carbons (Fsp3) is 0.308. The smallest absolute Gasteiger partial charge is 0.175 e. The van der Waals surface area contributed by atoms with Gasteiger partial charge in [0.1, 0.15) is 0 Å².